The fourth-order valence-corrected chi connectivity index (χ4v) is 5.61. The van der Waals surface area contributed by atoms with Crippen molar-refractivity contribution in [3.8, 4) is 5.75 Å². The standard InChI is InChI=1S/C32H42N6O2/c1-37-23-26-9-7-8-25(20-26)21-27-22-31(35-24-34-27)36-29-10-3-4-11-30(29)40-19-6-2-5-15-33-32(39)14-18-38-16-12-28(37)13-17-38/h3-4,7-11,20,22,24,28H,2,5-6,12-19,21,23H2,1H3,(H,33,39)(H,34,35,36). The van der Waals surface area contributed by atoms with Crippen LogP contribution in [0.25, 0.3) is 0 Å². The van der Waals surface area contributed by atoms with Gasteiger partial charge in [0.1, 0.15) is 17.9 Å². The van der Waals surface area contributed by atoms with E-state index in [0.717, 1.165) is 94.2 Å². The highest BCUT2D eigenvalue weighted by Gasteiger charge is 2.23. The van der Waals surface area contributed by atoms with Crippen molar-refractivity contribution in [2.75, 3.05) is 45.2 Å². The molecule has 1 amide bonds. The first kappa shape index (κ1) is 28.1. The molecule has 6 rings (SSSR count). The number of para-hydroxylation sites is 2. The normalized spacial score (nSPS) is 21.9. The summed E-state index contributed by atoms with van der Waals surface area (Å²) in [5.41, 5.74) is 4.42. The molecule has 0 spiro atoms. The van der Waals surface area contributed by atoms with Gasteiger partial charge < -0.3 is 20.3 Å². The molecule has 1 fully saturated rings. The third-order valence-electron chi connectivity index (χ3n) is 7.92. The number of benzene rings is 2. The molecular formula is C32H42N6O2. The minimum Gasteiger partial charge on any atom is -0.491 e. The van der Waals surface area contributed by atoms with Crippen molar-refractivity contribution < 1.29 is 9.53 Å². The molecule has 3 aromatic rings. The van der Waals surface area contributed by atoms with E-state index in [0.29, 0.717) is 19.1 Å². The minimum absolute atomic E-state index is 0.157. The predicted molar refractivity (Wildman–Crippen MR) is 159 cm³/mol. The van der Waals surface area contributed by atoms with Gasteiger partial charge in [-0.05, 0) is 75.5 Å². The molecule has 2 aromatic carbocycles. The minimum atomic E-state index is 0.157. The van der Waals surface area contributed by atoms with Crippen LogP contribution in [0.15, 0.2) is 60.9 Å². The van der Waals surface area contributed by atoms with Crippen LogP contribution in [-0.4, -0.2) is 71.6 Å². The lowest BCUT2D eigenvalue weighted by Gasteiger charge is -2.36. The van der Waals surface area contributed by atoms with Crippen molar-refractivity contribution in [2.24, 2.45) is 0 Å². The first-order chi connectivity index (χ1) is 19.6. The highest BCUT2D eigenvalue weighted by molar-refractivity contribution is 5.76. The highest BCUT2D eigenvalue weighted by atomic mass is 16.5. The zero-order chi connectivity index (χ0) is 27.6. The number of hydrogen-bond donors (Lipinski definition) is 2. The summed E-state index contributed by atoms with van der Waals surface area (Å²) in [5, 5.41) is 6.52. The van der Waals surface area contributed by atoms with E-state index in [-0.39, 0.29) is 5.91 Å². The van der Waals surface area contributed by atoms with Gasteiger partial charge in [-0.2, -0.15) is 0 Å². The van der Waals surface area contributed by atoms with Crippen LogP contribution >= 0.6 is 0 Å². The molecule has 212 valence electrons. The Kier molecular flexibility index (Phi) is 9.98. The van der Waals surface area contributed by atoms with Gasteiger partial charge in [-0.15, -0.1) is 0 Å². The fourth-order valence-electron chi connectivity index (χ4n) is 5.61. The van der Waals surface area contributed by atoms with Crippen molar-refractivity contribution >= 4 is 17.4 Å². The van der Waals surface area contributed by atoms with Gasteiger partial charge in [-0.1, -0.05) is 36.4 Å². The summed E-state index contributed by atoms with van der Waals surface area (Å²) in [6.45, 7) is 5.22. The van der Waals surface area contributed by atoms with Gasteiger partial charge in [-0.25, -0.2) is 9.97 Å². The van der Waals surface area contributed by atoms with Crippen LogP contribution in [0, 0.1) is 0 Å². The van der Waals surface area contributed by atoms with Gasteiger partial charge in [0.05, 0.1) is 18.0 Å². The average Bonchev–Trinajstić information content (AvgIpc) is 2.96. The molecule has 1 aromatic heterocycles. The molecule has 0 saturated carbocycles. The van der Waals surface area contributed by atoms with Crippen LogP contribution in [0.2, 0.25) is 0 Å². The van der Waals surface area contributed by atoms with E-state index in [1.54, 1.807) is 6.33 Å². The zero-order valence-corrected chi connectivity index (χ0v) is 23.6. The third-order valence-corrected chi connectivity index (χ3v) is 7.92. The summed E-state index contributed by atoms with van der Waals surface area (Å²) in [6, 6.07) is 19.4. The number of hydrogen-bond acceptors (Lipinski definition) is 7. The van der Waals surface area contributed by atoms with E-state index in [4.69, 9.17) is 4.74 Å². The van der Waals surface area contributed by atoms with E-state index in [1.165, 1.54) is 11.1 Å². The Labute approximate surface area is 238 Å². The summed E-state index contributed by atoms with van der Waals surface area (Å²) in [7, 11) is 2.24. The van der Waals surface area contributed by atoms with Crippen LogP contribution in [-0.2, 0) is 17.8 Å². The summed E-state index contributed by atoms with van der Waals surface area (Å²) < 4.78 is 6.10. The third kappa shape index (κ3) is 8.26. The Morgan fingerprint density at radius 1 is 0.925 bits per heavy atom. The molecule has 4 heterocycles. The van der Waals surface area contributed by atoms with E-state index in [9.17, 15) is 4.79 Å². The maximum atomic E-state index is 12.4. The summed E-state index contributed by atoms with van der Waals surface area (Å²) in [6.07, 6.45) is 8.12. The van der Waals surface area contributed by atoms with E-state index < -0.39 is 0 Å². The smallest absolute Gasteiger partial charge is 0.221 e. The van der Waals surface area contributed by atoms with Crippen LogP contribution in [0.1, 0.15) is 55.3 Å². The first-order valence-corrected chi connectivity index (χ1v) is 14.7. The first-order valence-electron chi connectivity index (χ1n) is 14.7. The van der Waals surface area contributed by atoms with Gasteiger partial charge in [0.15, 0.2) is 0 Å². The fraction of sp³-hybridized carbons (Fsp3) is 0.469. The Morgan fingerprint density at radius 2 is 1.77 bits per heavy atom. The van der Waals surface area contributed by atoms with E-state index in [2.05, 4.69) is 61.7 Å². The number of piperidine rings is 1. The number of nitrogens with one attached hydrogen (secondary N) is 2. The molecule has 3 aliphatic heterocycles. The number of aromatic nitrogens is 2. The lowest BCUT2D eigenvalue weighted by Crippen LogP contribution is -2.44. The monoisotopic (exact) mass is 542 g/mol. The number of ether oxygens (including phenoxy) is 1. The lowest BCUT2D eigenvalue weighted by atomic mass is 10.0. The second-order valence-corrected chi connectivity index (χ2v) is 11.0. The largest absolute Gasteiger partial charge is 0.491 e. The molecule has 0 aliphatic carbocycles. The zero-order valence-electron chi connectivity index (χ0n) is 23.6. The second-order valence-electron chi connectivity index (χ2n) is 11.0. The molecule has 1 saturated heterocycles. The maximum Gasteiger partial charge on any atom is 0.221 e. The molecule has 8 nitrogen and oxygen atoms in total. The van der Waals surface area contributed by atoms with Crippen molar-refractivity contribution in [2.45, 2.75) is 57.5 Å². The van der Waals surface area contributed by atoms with Crippen LogP contribution < -0.4 is 15.4 Å². The highest BCUT2D eigenvalue weighted by Crippen LogP contribution is 2.27. The van der Waals surface area contributed by atoms with Gasteiger partial charge in [0, 0.05) is 44.6 Å². The summed E-state index contributed by atoms with van der Waals surface area (Å²) >= 11 is 0. The number of nitrogens with zero attached hydrogens (tertiary/aromatic N) is 4. The Morgan fingerprint density at radius 3 is 2.67 bits per heavy atom. The summed E-state index contributed by atoms with van der Waals surface area (Å²) in [4.78, 5) is 26.3. The Hall–Kier alpha value is -3.49. The van der Waals surface area contributed by atoms with Gasteiger partial charge in [-0.3, -0.25) is 9.69 Å². The number of fused-ring (bicyclic) bond motifs is 12. The van der Waals surface area contributed by atoms with Crippen LogP contribution in [0.4, 0.5) is 11.5 Å². The number of carbonyl (C=O) groups excluding carboxylic acids is 1. The molecule has 8 heteroatoms. The van der Waals surface area contributed by atoms with Crippen molar-refractivity contribution in [3.05, 3.63) is 77.7 Å². The molecule has 0 unspecified atom stereocenters. The SMILES string of the molecule is CN1Cc2cccc(c2)Cc2cc(ncn2)Nc2ccccc2OCCCCCNC(=O)CCN2CCC1CC2. The summed E-state index contributed by atoms with van der Waals surface area (Å²) in [5.74, 6) is 1.71. The Balaban J connectivity index is 1.29. The maximum absolute atomic E-state index is 12.4. The number of amides is 1. The van der Waals surface area contributed by atoms with Crippen molar-refractivity contribution in [1.29, 1.82) is 0 Å². The van der Waals surface area contributed by atoms with Gasteiger partial charge in [0.25, 0.3) is 0 Å². The van der Waals surface area contributed by atoms with Crippen molar-refractivity contribution in [3.63, 3.8) is 0 Å². The predicted octanol–water partition coefficient (Wildman–Crippen LogP) is 4.78. The molecule has 2 N–H and O–H groups in total. The average molecular weight is 543 g/mol. The van der Waals surface area contributed by atoms with Crippen LogP contribution in [0.5, 0.6) is 5.75 Å². The number of anilines is 2. The second kappa shape index (κ2) is 14.2. The lowest BCUT2D eigenvalue weighted by molar-refractivity contribution is -0.121. The quantitative estimate of drug-likeness (QED) is 0.423. The molecule has 0 atom stereocenters. The molecule has 6 bridgehead atoms. The Bertz CT molecular complexity index is 1240. The molecule has 40 heavy (non-hydrogen) atoms. The van der Waals surface area contributed by atoms with Crippen molar-refractivity contribution in [1.82, 2.24) is 25.1 Å². The molecular weight excluding hydrogens is 500 g/mol. The van der Waals surface area contributed by atoms with Crippen LogP contribution in [0.3, 0.4) is 0 Å². The topological polar surface area (TPSA) is 82.6 Å². The van der Waals surface area contributed by atoms with Gasteiger partial charge in [0.2, 0.25) is 5.91 Å². The van der Waals surface area contributed by atoms with E-state index >= 15 is 0 Å². The number of carbonyl (C=O) groups is 1. The van der Waals surface area contributed by atoms with Gasteiger partial charge >= 0.3 is 0 Å². The molecule has 3 aliphatic rings. The molecule has 0 radical (unpaired) electrons. The number of rotatable bonds is 0. The van der Waals surface area contributed by atoms with E-state index in [1.807, 2.05) is 30.3 Å².